The first-order valence-corrected chi connectivity index (χ1v) is 5.75. The Morgan fingerprint density at radius 1 is 0.800 bits per heavy atom. The maximum atomic E-state index is 2.71. The van der Waals surface area contributed by atoms with Gasteiger partial charge in [-0.2, -0.15) is 0 Å². The molecule has 0 amide bonds. The molecule has 0 bridgehead atoms. The van der Waals surface area contributed by atoms with Gasteiger partial charge in [0.25, 0.3) is 0 Å². The summed E-state index contributed by atoms with van der Waals surface area (Å²) in [6.45, 7) is 2.24. The highest BCUT2D eigenvalue weighted by molar-refractivity contribution is 7.27. The van der Waals surface area contributed by atoms with Crippen LogP contribution in [0.2, 0.25) is 0 Å². The fourth-order valence-electron chi connectivity index (χ4n) is 1.72. The third-order valence-corrected chi connectivity index (χ3v) is 3.12. The van der Waals surface area contributed by atoms with E-state index in [0.717, 1.165) is 0 Å². The number of hydrogen-bond acceptors (Lipinski definition) is 0. The van der Waals surface area contributed by atoms with Gasteiger partial charge in [-0.25, -0.2) is 0 Å². The molecule has 2 aromatic carbocycles. The lowest BCUT2D eigenvalue weighted by molar-refractivity contribution is 0.923. The monoisotopic (exact) mass is 214 g/mol. The Morgan fingerprint density at radius 3 is 1.93 bits per heavy atom. The highest BCUT2D eigenvalue weighted by Crippen LogP contribution is 2.22. The minimum atomic E-state index is 0.469. The van der Waals surface area contributed by atoms with Crippen LogP contribution >= 0.6 is 9.24 Å². The number of rotatable bonds is 2. The molecule has 0 spiro atoms. The summed E-state index contributed by atoms with van der Waals surface area (Å²) < 4.78 is 0. The third-order valence-electron chi connectivity index (χ3n) is 2.74. The van der Waals surface area contributed by atoms with Crippen molar-refractivity contribution in [2.24, 2.45) is 0 Å². The van der Waals surface area contributed by atoms with E-state index in [1.165, 1.54) is 16.4 Å². The largest absolute Gasteiger partial charge is 0.106 e. The predicted octanol–water partition coefficient (Wildman–Crippen LogP) is 3.34. The van der Waals surface area contributed by atoms with E-state index in [9.17, 15) is 0 Å². The van der Waals surface area contributed by atoms with Crippen LogP contribution in [0.3, 0.4) is 0 Å². The molecular formula is C14H15P. The molecule has 76 valence electrons. The molecule has 2 rings (SSSR count). The van der Waals surface area contributed by atoms with Crippen LogP contribution < -0.4 is 5.30 Å². The summed E-state index contributed by atoms with van der Waals surface area (Å²) in [4.78, 5) is 0. The average Bonchev–Trinajstić information content (AvgIpc) is 2.30. The SMILES string of the molecule is CC(c1ccccc1)c1ccc(P)cc1. The molecule has 2 atom stereocenters. The van der Waals surface area contributed by atoms with Crippen molar-refractivity contribution in [2.45, 2.75) is 12.8 Å². The second-order valence-electron chi connectivity index (χ2n) is 3.80. The Kier molecular flexibility index (Phi) is 3.18. The summed E-state index contributed by atoms with van der Waals surface area (Å²) in [6.07, 6.45) is 0. The lowest BCUT2D eigenvalue weighted by Gasteiger charge is -2.12. The maximum absolute atomic E-state index is 2.71. The van der Waals surface area contributed by atoms with Crippen molar-refractivity contribution < 1.29 is 0 Å². The standard InChI is InChI=1S/C14H15P/c1-11(12-5-3-2-4-6-12)13-7-9-14(15)10-8-13/h2-11H,15H2,1H3. The molecule has 1 heteroatoms. The smallest absolute Gasteiger partial charge is 0.00610 e. The van der Waals surface area contributed by atoms with E-state index >= 15 is 0 Å². The van der Waals surface area contributed by atoms with Crippen molar-refractivity contribution in [3.63, 3.8) is 0 Å². The van der Waals surface area contributed by atoms with Crippen molar-refractivity contribution >= 4 is 14.5 Å². The van der Waals surface area contributed by atoms with E-state index in [1.807, 2.05) is 0 Å². The van der Waals surface area contributed by atoms with Crippen LogP contribution in [0.25, 0.3) is 0 Å². The summed E-state index contributed by atoms with van der Waals surface area (Å²) in [6, 6.07) is 19.3. The van der Waals surface area contributed by atoms with Crippen molar-refractivity contribution in [1.82, 2.24) is 0 Å². The summed E-state index contributed by atoms with van der Waals surface area (Å²) >= 11 is 0. The van der Waals surface area contributed by atoms with Crippen LogP contribution in [0.15, 0.2) is 54.6 Å². The summed E-state index contributed by atoms with van der Waals surface area (Å²) in [7, 11) is 2.71. The Bertz CT molecular complexity index is 417. The molecule has 15 heavy (non-hydrogen) atoms. The average molecular weight is 214 g/mol. The first-order valence-electron chi connectivity index (χ1n) is 5.18. The van der Waals surface area contributed by atoms with Crippen LogP contribution in [0.1, 0.15) is 24.0 Å². The van der Waals surface area contributed by atoms with Crippen LogP contribution in [0.4, 0.5) is 0 Å². The maximum Gasteiger partial charge on any atom is 0.00610 e. The van der Waals surface area contributed by atoms with Gasteiger partial charge in [-0.3, -0.25) is 0 Å². The number of hydrogen-bond donors (Lipinski definition) is 0. The van der Waals surface area contributed by atoms with Gasteiger partial charge in [-0.15, -0.1) is 9.24 Å². The summed E-state index contributed by atoms with van der Waals surface area (Å²) in [5, 5.41) is 1.24. The van der Waals surface area contributed by atoms with Gasteiger partial charge in [-0.1, -0.05) is 61.5 Å². The normalized spacial score (nSPS) is 12.4. The molecule has 0 radical (unpaired) electrons. The van der Waals surface area contributed by atoms with Crippen LogP contribution in [-0.4, -0.2) is 0 Å². The topological polar surface area (TPSA) is 0 Å². The molecular weight excluding hydrogens is 199 g/mol. The zero-order chi connectivity index (χ0) is 10.7. The fraction of sp³-hybridized carbons (Fsp3) is 0.143. The Morgan fingerprint density at radius 2 is 1.33 bits per heavy atom. The second kappa shape index (κ2) is 4.59. The lowest BCUT2D eigenvalue weighted by Crippen LogP contribution is -1.97. The van der Waals surface area contributed by atoms with E-state index in [-0.39, 0.29) is 0 Å². The van der Waals surface area contributed by atoms with E-state index < -0.39 is 0 Å². The molecule has 0 aliphatic carbocycles. The predicted molar refractivity (Wildman–Crippen MR) is 69.7 cm³/mol. The zero-order valence-electron chi connectivity index (χ0n) is 8.85. The molecule has 0 aromatic heterocycles. The van der Waals surface area contributed by atoms with E-state index in [4.69, 9.17) is 0 Å². The lowest BCUT2D eigenvalue weighted by atomic mass is 9.93. The minimum absolute atomic E-state index is 0.469. The molecule has 0 aliphatic heterocycles. The van der Waals surface area contributed by atoms with E-state index in [0.29, 0.717) is 5.92 Å². The summed E-state index contributed by atoms with van der Waals surface area (Å²) in [5.41, 5.74) is 2.74. The van der Waals surface area contributed by atoms with Crippen LogP contribution in [0, 0.1) is 0 Å². The van der Waals surface area contributed by atoms with Gasteiger partial charge in [-0.05, 0) is 16.4 Å². The van der Waals surface area contributed by atoms with Crippen molar-refractivity contribution in [2.75, 3.05) is 0 Å². The van der Waals surface area contributed by atoms with Gasteiger partial charge in [0.05, 0.1) is 0 Å². The molecule has 0 nitrogen and oxygen atoms in total. The summed E-state index contributed by atoms with van der Waals surface area (Å²) in [5.74, 6) is 0.469. The van der Waals surface area contributed by atoms with Gasteiger partial charge in [0.15, 0.2) is 0 Å². The Balaban J connectivity index is 2.29. The molecule has 0 N–H and O–H groups in total. The third kappa shape index (κ3) is 2.46. The zero-order valence-corrected chi connectivity index (χ0v) is 10.0. The first kappa shape index (κ1) is 10.4. The Hall–Kier alpha value is -1.13. The molecule has 0 heterocycles. The fourth-order valence-corrected chi connectivity index (χ4v) is 1.91. The number of benzene rings is 2. The quantitative estimate of drug-likeness (QED) is 0.672. The van der Waals surface area contributed by atoms with Crippen molar-refractivity contribution in [3.05, 3.63) is 65.7 Å². The minimum Gasteiger partial charge on any atom is -0.106 e. The Labute approximate surface area is 93.5 Å². The van der Waals surface area contributed by atoms with Crippen LogP contribution in [0.5, 0.6) is 0 Å². The highest BCUT2D eigenvalue weighted by atomic mass is 31.0. The van der Waals surface area contributed by atoms with E-state index in [2.05, 4.69) is 70.8 Å². The van der Waals surface area contributed by atoms with Gasteiger partial charge < -0.3 is 0 Å². The molecule has 2 unspecified atom stereocenters. The second-order valence-corrected chi connectivity index (χ2v) is 4.47. The first-order chi connectivity index (χ1) is 7.27. The van der Waals surface area contributed by atoms with Gasteiger partial charge in [0.1, 0.15) is 0 Å². The van der Waals surface area contributed by atoms with Crippen LogP contribution in [-0.2, 0) is 0 Å². The van der Waals surface area contributed by atoms with Crippen molar-refractivity contribution in [3.8, 4) is 0 Å². The van der Waals surface area contributed by atoms with E-state index in [1.54, 1.807) is 0 Å². The molecule has 0 saturated heterocycles. The highest BCUT2D eigenvalue weighted by Gasteiger charge is 2.06. The molecule has 0 saturated carbocycles. The van der Waals surface area contributed by atoms with Gasteiger partial charge in [0, 0.05) is 5.92 Å². The van der Waals surface area contributed by atoms with Gasteiger partial charge >= 0.3 is 0 Å². The molecule has 0 aliphatic rings. The van der Waals surface area contributed by atoms with Gasteiger partial charge in [0.2, 0.25) is 0 Å². The molecule has 2 aromatic rings. The molecule has 0 fully saturated rings. The van der Waals surface area contributed by atoms with Crippen molar-refractivity contribution in [1.29, 1.82) is 0 Å².